The summed E-state index contributed by atoms with van der Waals surface area (Å²) in [6.07, 6.45) is 0. The fraction of sp³-hybridized carbons (Fsp3) is 0.650. The zero-order valence-electron chi connectivity index (χ0n) is 17.5. The van der Waals surface area contributed by atoms with E-state index in [4.69, 9.17) is 0 Å². The lowest BCUT2D eigenvalue weighted by Gasteiger charge is -2.38. The molecule has 28 heavy (non-hydrogen) atoms. The molecule has 0 aliphatic carbocycles. The van der Waals surface area contributed by atoms with Gasteiger partial charge in [0.25, 0.3) is 10.2 Å². The summed E-state index contributed by atoms with van der Waals surface area (Å²) in [5, 5.41) is 3.04. The van der Waals surface area contributed by atoms with E-state index in [-0.39, 0.29) is 17.9 Å². The van der Waals surface area contributed by atoms with Crippen molar-refractivity contribution in [1.29, 1.82) is 0 Å². The molecular formula is C20H34N4O3S. The van der Waals surface area contributed by atoms with Gasteiger partial charge in [-0.25, -0.2) is 0 Å². The second-order valence-electron chi connectivity index (χ2n) is 7.26. The molecule has 0 spiro atoms. The predicted molar refractivity (Wildman–Crippen MR) is 112 cm³/mol. The van der Waals surface area contributed by atoms with Crippen LogP contribution >= 0.6 is 0 Å². The molecule has 0 bridgehead atoms. The fourth-order valence-corrected chi connectivity index (χ4v) is 5.11. The van der Waals surface area contributed by atoms with Crippen LogP contribution in [0.2, 0.25) is 0 Å². The van der Waals surface area contributed by atoms with Crippen molar-refractivity contribution in [2.45, 2.75) is 39.7 Å². The van der Waals surface area contributed by atoms with Gasteiger partial charge in [0.2, 0.25) is 5.91 Å². The second kappa shape index (κ2) is 10.3. The van der Waals surface area contributed by atoms with E-state index in [1.807, 2.05) is 39.0 Å². The van der Waals surface area contributed by atoms with Gasteiger partial charge in [-0.3, -0.25) is 9.69 Å². The maximum atomic E-state index is 12.6. The molecule has 2 atom stereocenters. The van der Waals surface area contributed by atoms with Crippen LogP contribution in [0.15, 0.2) is 30.3 Å². The topological polar surface area (TPSA) is 73.0 Å². The van der Waals surface area contributed by atoms with Gasteiger partial charge in [0.1, 0.15) is 0 Å². The summed E-state index contributed by atoms with van der Waals surface area (Å²) in [6, 6.07) is 9.84. The standard InChI is InChI=1S/C20H34N4O3S/c1-5-23(6-2)28(26,27)24-14-12-22(13-15-24)18(4)20(25)21-16-17(3)19-10-8-7-9-11-19/h7-11,17-18H,5-6,12-16H2,1-4H3,(H,21,25). The Bertz CT molecular complexity index is 714. The Morgan fingerprint density at radius 3 is 2.18 bits per heavy atom. The van der Waals surface area contributed by atoms with Gasteiger partial charge in [0.15, 0.2) is 0 Å². The van der Waals surface area contributed by atoms with Gasteiger partial charge in [-0.15, -0.1) is 0 Å². The van der Waals surface area contributed by atoms with Crippen LogP contribution in [0, 0.1) is 0 Å². The summed E-state index contributed by atoms with van der Waals surface area (Å²) in [4.78, 5) is 14.6. The third-order valence-electron chi connectivity index (χ3n) is 5.51. The van der Waals surface area contributed by atoms with Gasteiger partial charge in [-0.05, 0) is 18.4 Å². The number of hydrogen-bond donors (Lipinski definition) is 1. The molecule has 1 N–H and O–H groups in total. The minimum atomic E-state index is -3.41. The highest BCUT2D eigenvalue weighted by molar-refractivity contribution is 7.86. The van der Waals surface area contributed by atoms with Crippen molar-refractivity contribution in [1.82, 2.24) is 18.8 Å². The maximum absolute atomic E-state index is 12.6. The number of hydrogen-bond acceptors (Lipinski definition) is 4. The van der Waals surface area contributed by atoms with Gasteiger partial charge >= 0.3 is 0 Å². The van der Waals surface area contributed by atoms with Crippen molar-refractivity contribution in [3.8, 4) is 0 Å². The maximum Gasteiger partial charge on any atom is 0.282 e. The van der Waals surface area contributed by atoms with Crippen LogP contribution in [0.1, 0.15) is 39.2 Å². The first-order valence-electron chi connectivity index (χ1n) is 10.1. The lowest BCUT2D eigenvalue weighted by Crippen LogP contribution is -2.57. The third kappa shape index (κ3) is 5.53. The molecule has 8 heteroatoms. The van der Waals surface area contributed by atoms with E-state index < -0.39 is 10.2 Å². The van der Waals surface area contributed by atoms with Gasteiger partial charge in [0, 0.05) is 45.8 Å². The average molecular weight is 411 g/mol. The average Bonchev–Trinajstić information content (AvgIpc) is 2.72. The van der Waals surface area contributed by atoms with Crippen molar-refractivity contribution in [3.05, 3.63) is 35.9 Å². The first kappa shape index (κ1) is 22.8. The number of benzene rings is 1. The van der Waals surface area contributed by atoms with E-state index >= 15 is 0 Å². The molecular weight excluding hydrogens is 376 g/mol. The molecule has 1 aliphatic heterocycles. The lowest BCUT2D eigenvalue weighted by atomic mass is 10.0. The first-order valence-corrected chi connectivity index (χ1v) is 11.5. The van der Waals surface area contributed by atoms with E-state index in [2.05, 4.69) is 29.3 Å². The number of piperazine rings is 1. The normalized spacial score (nSPS) is 18.8. The fourth-order valence-electron chi connectivity index (χ4n) is 3.50. The lowest BCUT2D eigenvalue weighted by molar-refractivity contribution is -0.126. The smallest absolute Gasteiger partial charge is 0.282 e. The summed E-state index contributed by atoms with van der Waals surface area (Å²) in [5.41, 5.74) is 1.20. The van der Waals surface area contributed by atoms with Crippen molar-refractivity contribution < 1.29 is 13.2 Å². The Kier molecular flexibility index (Phi) is 8.42. The quantitative estimate of drug-likeness (QED) is 0.670. The third-order valence-corrected chi connectivity index (χ3v) is 7.70. The summed E-state index contributed by atoms with van der Waals surface area (Å²) in [7, 11) is -3.41. The molecule has 0 radical (unpaired) electrons. The molecule has 2 rings (SSSR count). The molecule has 158 valence electrons. The first-order chi connectivity index (χ1) is 13.3. The molecule has 1 saturated heterocycles. The van der Waals surface area contributed by atoms with E-state index in [0.717, 1.165) is 0 Å². The molecule has 0 aromatic heterocycles. The van der Waals surface area contributed by atoms with Crippen LogP contribution in [-0.2, 0) is 15.0 Å². The summed E-state index contributed by atoms with van der Waals surface area (Å²) in [5.74, 6) is 0.233. The Morgan fingerprint density at radius 1 is 1.07 bits per heavy atom. The van der Waals surface area contributed by atoms with Crippen molar-refractivity contribution >= 4 is 16.1 Å². The molecule has 7 nitrogen and oxygen atoms in total. The number of nitrogens with zero attached hydrogens (tertiary/aromatic N) is 3. The van der Waals surface area contributed by atoms with Crippen LogP contribution < -0.4 is 5.32 Å². The molecule has 1 fully saturated rings. The SMILES string of the molecule is CCN(CC)S(=O)(=O)N1CCN(C(C)C(=O)NCC(C)c2ccccc2)CC1. The van der Waals surface area contributed by atoms with Gasteiger partial charge < -0.3 is 5.32 Å². The van der Waals surface area contributed by atoms with Crippen molar-refractivity contribution in [2.24, 2.45) is 0 Å². The summed E-state index contributed by atoms with van der Waals surface area (Å²) < 4.78 is 28.3. The van der Waals surface area contributed by atoms with Gasteiger partial charge in [-0.2, -0.15) is 17.0 Å². The number of amides is 1. The largest absolute Gasteiger partial charge is 0.354 e. The van der Waals surface area contributed by atoms with Crippen LogP contribution in [-0.4, -0.2) is 79.7 Å². The molecule has 1 amide bonds. The Balaban J connectivity index is 1.84. The number of carbonyl (C=O) groups is 1. The minimum absolute atomic E-state index is 0.0113. The highest BCUT2D eigenvalue weighted by Gasteiger charge is 2.33. The summed E-state index contributed by atoms with van der Waals surface area (Å²) >= 11 is 0. The molecule has 1 aromatic rings. The Morgan fingerprint density at radius 2 is 1.64 bits per heavy atom. The Labute approximate surface area is 169 Å². The van der Waals surface area contributed by atoms with E-state index in [0.29, 0.717) is 45.8 Å². The number of rotatable bonds is 9. The van der Waals surface area contributed by atoms with E-state index in [9.17, 15) is 13.2 Å². The van der Waals surface area contributed by atoms with E-state index in [1.54, 1.807) is 0 Å². The van der Waals surface area contributed by atoms with Gasteiger partial charge in [0.05, 0.1) is 6.04 Å². The highest BCUT2D eigenvalue weighted by Crippen LogP contribution is 2.15. The zero-order chi connectivity index (χ0) is 20.7. The monoisotopic (exact) mass is 410 g/mol. The number of carbonyl (C=O) groups excluding carboxylic acids is 1. The molecule has 1 aliphatic rings. The molecule has 0 saturated carbocycles. The van der Waals surface area contributed by atoms with Crippen LogP contribution in [0.4, 0.5) is 0 Å². The van der Waals surface area contributed by atoms with Crippen LogP contribution in [0.25, 0.3) is 0 Å². The van der Waals surface area contributed by atoms with Crippen LogP contribution in [0.5, 0.6) is 0 Å². The van der Waals surface area contributed by atoms with Crippen molar-refractivity contribution in [2.75, 3.05) is 45.8 Å². The predicted octanol–water partition coefficient (Wildman–Crippen LogP) is 1.50. The van der Waals surface area contributed by atoms with Crippen LogP contribution in [0.3, 0.4) is 0 Å². The molecule has 2 unspecified atom stereocenters. The summed E-state index contributed by atoms with van der Waals surface area (Å²) in [6.45, 7) is 11.1. The van der Waals surface area contributed by atoms with E-state index in [1.165, 1.54) is 14.2 Å². The minimum Gasteiger partial charge on any atom is -0.354 e. The number of nitrogens with one attached hydrogen (secondary N) is 1. The molecule has 1 heterocycles. The highest BCUT2D eigenvalue weighted by atomic mass is 32.2. The Hall–Kier alpha value is -1.48. The molecule has 1 aromatic carbocycles. The van der Waals surface area contributed by atoms with Gasteiger partial charge in [-0.1, -0.05) is 51.1 Å². The zero-order valence-corrected chi connectivity index (χ0v) is 18.3. The van der Waals surface area contributed by atoms with Crippen molar-refractivity contribution in [3.63, 3.8) is 0 Å². The second-order valence-corrected chi connectivity index (χ2v) is 9.19.